The molecule has 2 rings (SSSR count). The van der Waals surface area contributed by atoms with Gasteiger partial charge in [0.05, 0.1) is 4.90 Å². The van der Waals surface area contributed by atoms with Crippen LogP contribution in [0.3, 0.4) is 0 Å². The third kappa shape index (κ3) is 3.79. The number of hydrogen-bond donors (Lipinski definition) is 2. The molecule has 21 heavy (non-hydrogen) atoms. The van der Waals surface area contributed by atoms with Gasteiger partial charge in [0.25, 0.3) is 20.2 Å². The highest BCUT2D eigenvalue weighted by Crippen LogP contribution is 2.31. The molecule has 0 radical (unpaired) electrons. The molecule has 9 heteroatoms. The van der Waals surface area contributed by atoms with Crippen molar-refractivity contribution in [1.29, 1.82) is 0 Å². The molecule has 0 aliphatic carbocycles. The maximum absolute atomic E-state index is 11.3. The highest BCUT2D eigenvalue weighted by molar-refractivity contribution is 7.86. The van der Waals surface area contributed by atoms with Crippen LogP contribution in [-0.4, -0.2) is 25.9 Å². The molecule has 0 aliphatic rings. The molecular weight excluding hydrogens is 320 g/mol. The molecule has 0 bridgehead atoms. The van der Waals surface area contributed by atoms with E-state index < -0.39 is 35.8 Å². The van der Waals surface area contributed by atoms with Crippen molar-refractivity contribution in [2.45, 2.75) is 9.79 Å². The van der Waals surface area contributed by atoms with Crippen molar-refractivity contribution in [3.05, 3.63) is 48.5 Å². The topological polar surface area (TPSA) is 118 Å². The van der Waals surface area contributed by atoms with Crippen LogP contribution in [0.15, 0.2) is 58.3 Å². The highest BCUT2D eigenvalue weighted by atomic mass is 32.2. The van der Waals surface area contributed by atoms with Gasteiger partial charge in [0.15, 0.2) is 0 Å². The first kappa shape index (κ1) is 15.4. The molecule has 7 nitrogen and oxygen atoms in total. The lowest BCUT2D eigenvalue weighted by molar-refractivity contribution is 0.445. The number of ether oxygens (including phenoxy) is 1. The van der Waals surface area contributed by atoms with Crippen molar-refractivity contribution < 1.29 is 30.7 Å². The molecule has 0 atom stereocenters. The Hall–Kier alpha value is -1.94. The lowest BCUT2D eigenvalue weighted by atomic mass is 10.3. The van der Waals surface area contributed by atoms with E-state index in [2.05, 4.69) is 0 Å². The zero-order chi connectivity index (χ0) is 15.7. The lowest BCUT2D eigenvalue weighted by Crippen LogP contribution is -2.04. The number of para-hydroxylation sites is 1. The second-order valence-corrected chi connectivity index (χ2v) is 6.79. The normalized spacial score (nSPS) is 12.1. The Morgan fingerprint density at radius 1 is 0.810 bits per heavy atom. The standard InChI is InChI=1S/C12H10O7S2/c13-20(14,15)10-6-7-12(21(16,17)18)11(8-10)19-9-4-2-1-3-5-9/h1-8H,(H,13,14,15)(H,16,17,18). The molecule has 2 N–H and O–H groups in total. The summed E-state index contributed by atoms with van der Waals surface area (Å²) in [5.41, 5.74) is 0. The predicted octanol–water partition coefficient (Wildman–Crippen LogP) is 1.97. The van der Waals surface area contributed by atoms with Crippen LogP contribution >= 0.6 is 0 Å². The molecule has 0 heterocycles. The van der Waals surface area contributed by atoms with Crippen molar-refractivity contribution in [1.82, 2.24) is 0 Å². The summed E-state index contributed by atoms with van der Waals surface area (Å²) >= 11 is 0. The van der Waals surface area contributed by atoms with Gasteiger partial charge in [0, 0.05) is 6.07 Å². The Labute approximate surface area is 121 Å². The summed E-state index contributed by atoms with van der Waals surface area (Å²) in [5, 5.41) is 0. The molecule has 0 unspecified atom stereocenters. The van der Waals surface area contributed by atoms with E-state index in [0.29, 0.717) is 0 Å². The fourth-order valence-electron chi connectivity index (χ4n) is 1.56. The molecule has 2 aromatic rings. The minimum atomic E-state index is -4.62. The Kier molecular flexibility index (Phi) is 4.01. The van der Waals surface area contributed by atoms with E-state index in [1.54, 1.807) is 18.2 Å². The number of benzene rings is 2. The van der Waals surface area contributed by atoms with Gasteiger partial charge in [-0.05, 0) is 24.3 Å². The molecule has 0 saturated carbocycles. The SMILES string of the molecule is O=S(=O)(O)c1ccc(S(=O)(=O)O)c(Oc2ccccc2)c1. The molecule has 0 aromatic heterocycles. The van der Waals surface area contributed by atoms with Gasteiger partial charge in [-0.25, -0.2) is 0 Å². The van der Waals surface area contributed by atoms with Crippen molar-refractivity contribution >= 4 is 20.2 Å². The summed E-state index contributed by atoms with van der Waals surface area (Å²) in [6, 6.07) is 10.4. The van der Waals surface area contributed by atoms with Crippen LogP contribution < -0.4 is 4.74 Å². The molecule has 0 spiro atoms. The van der Waals surface area contributed by atoms with Crippen LogP contribution in [0, 0.1) is 0 Å². The van der Waals surface area contributed by atoms with E-state index in [4.69, 9.17) is 13.8 Å². The molecule has 2 aromatic carbocycles. The van der Waals surface area contributed by atoms with Gasteiger partial charge < -0.3 is 4.74 Å². The van der Waals surface area contributed by atoms with Crippen molar-refractivity contribution in [2.75, 3.05) is 0 Å². The van der Waals surface area contributed by atoms with E-state index in [1.165, 1.54) is 12.1 Å². The first-order valence-electron chi connectivity index (χ1n) is 5.50. The van der Waals surface area contributed by atoms with Crippen molar-refractivity contribution in [3.8, 4) is 11.5 Å². The largest absolute Gasteiger partial charge is 0.456 e. The molecule has 0 amide bonds. The molecular formula is C12H10O7S2. The van der Waals surface area contributed by atoms with Crippen molar-refractivity contribution in [3.63, 3.8) is 0 Å². The summed E-state index contributed by atoms with van der Waals surface area (Å²) in [5.74, 6) is -0.186. The summed E-state index contributed by atoms with van der Waals surface area (Å²) in [6.45, 7) is 0. The zero-order valence-corrected chi connectivity index (χ0v) is 12.0. The van der Waals surface area contributed by atoms with Crippen LogP contribution in [0.2, 0.25) is 0 Å². The Bertz CT molecular complexity index is 856. The average Bonchev–Trinajstić information content (AvgIpc) is 2.37. The number of rotatable bonds is 4. The van der Waals surface area contributed by atoms with Crippen molar-refractivity contribution in [2.24, 2.45) is 0 Å². The highest BCUT2D eigenvalue weighted by Gasteiger charge is 2.21. The summed E-state index contributed by atoms with van der Waals surface area (Å²) < 4.78 is 68.1. The van der Waals surface area contributed by atoms with Gasteiger partial charge >= 0.3 is 0 Å². The van der Waals surface area contributed by atoms with Crippen LogP contribution in [0.5, 0.6) is 11.5 Å². The smallest absolute Gasteiger partial charge is 0.298 e. The minimum absolute atomic E-state index is 0.231. The zero-order valence-electron chi connectivity index (χ0n) is 10.4. The Morgan fingerprint density at radius 3 is 1.95 bits per heavy atom. The average molecular weight is 330 g/mol. The van der Waals surface area contributed by atoms with E-state index in [9.17, 15) is 16.8 Å². The Morgan fingerprint density at radius 2 is 1.43 bits per heavy atom. The molecule has 112 valence electrons. The lowest BCUT2D eigenvalue weighted by Gasteiger charge is -2.10. The van der Waals surface area contributed by atoms with E-state index >= 15 is 0 Å². The fraction of sp³-hybridized carbons (Fsp3) is 0. The minimum Gasteiger partial charge on any atom is -0.456 e. The maximum Gasteiger partial charge on any atom is 0.298 e. The van der Waals surface area contributed by atoms with E-state index in [0.717, 1.165) is 18.2 Å². The van der Waals surface area contributed by atoms with Gasteiger partial charge in [0.1, 0.15) is 16.4 Å². The summed E-state index contributed by atoms with van der Waals surface area (Å²) in [7, 11) is -9.15. The molecule has 0 fully saturated rings. The second kappa shape index (κ2) is 5.45. The first-order valence-corrected chi connectivity index (χ1v) is 8.38. The van der Waals surface area contributed by atoms with Gasteiger partial charge in [-0.15, -0.1) is 0 Å². The van der Waals surface area contributed by atoms with Crippen LogP contribution in [-0.2, 0) is 20.2 Å². The summed E-state index contributed by atoms with van der Waals surface area (Å²) in [4.78, 5) is -1.17. The monoisotopic (exact) mass is 330 g/mol. The Balaban J connectivity index is 2.59. The van der Waals surface area contributed by atoms with Gasteiger partial charge in [-0.1, -0.05) is 18.2 Å². The fourth-order valence-corrected chi connectivity index (χ4v) is 2.65. The molecule has 0 aliphatic heterocycles. The predicted molar refractivity (Wildman–Crippen MR) is 72.6 cm³/mol. The second-order valence-electron chi connectivity index (χ2n) is 3.97. The van der Waals surface area contributed by atoms with E-state index in [-0.39, 0.29) is 5.75 Å². The van der Waals surface area contributed by atoms with Crippen LogP contribution in [0.1, 0.15) is 0 Å². The third-order valence-corrected chi connectivity index (χ3v) is 4.20. The first-order chi connectivity index (χ1) is 9.68. The maximum atomic E-state index is 11.3. The molecule has 0 saturated heterocycles. The number of hydrogen-bond acceptors (Lipinski definition) is 5. The van der Waals surface area contributed by atoms with Gasteiger partial charge in [-0.3, -0.25) is 9.11 Å². The van der Waals surface area contributed by atoms with E-state index in [1.807, 2.05) is 0 Å². The summed E-state index contributed by atoms with van der Waals surface area (Å²) in [6.07, 6.45) is 0. The van der Waals surface area contributed by atoms with Crippen LogP contribution in [0.4, 0.5) is 0 Å². The van der Waals surface area contributed by atoms with Gasteiger partial charge in [-0.2, -0.15) is 16.8 Å². The van der Waals surface area contributed by atoms with Gasteiger partial charge in [0.2, 0.25) is 0 Å². The third-order valence-electron chi connectivity index (χ3n) is 2.46. The van der Waals surface area contributed by atoms with Crippen LogP contribution in [0.25, 0.3) is 0 Å². The quantitative estimate of drug-likeness (QED) is 0.823.